The second-order valence-corrected chi connectivity index (χ2v) is 14.0. The number of nitrogens with one attached hydrogen (secondary N) is 2. The van der Waals surface area contributed by atoms with Crippen molar-refractivity contribution < 1.29 is 41.9 Å². The monoisotopic (exact) mass is 613 g/mol. The number of alkyl carbamates (subject to hydrolysis) is 1. The number of carbonyl (C=O) groups excluding carboxylic acids is 5. The van der Waals surface area contributed by atoms with Gasteiger partial charge in [0.05, 0.1) is 6.04 Å². The molecule has 2 aliphatic carbocycles. The summed E-state index contributed by atoms with van der Waals surface area (Å²) in [6, 6.07) is -3.70. The molecule has 1 aliphatic heterocycles. The Morgan fingerprint density at radius 2 is 1.60 bits per heavy atom. The Morgan fingerprint density at radius 1 is 1.02 bits per heavy atom. The summed E-state index contributed by atoms with van der Waals surface area (Å²) >= 11 is 12.8. The molecule has 14 heteroatoms. The number of hydrogen-bond donors (Lipinski definition) is 2. The van der Waals surface area contributed by atoms with E-state index < -0.39 is 81.0 Å². The maximum atomic E-state index is 13.8. The fourth-order valence-electron chi connectivity index (χ4n) is 5.18. The van der Waals surface area contributed by atoms with Crippen LogP contribution in [0.25, 0.3) is 0 Å². The van der Waals surface area contributed by atoms with Crippen molar-refractivity contribution in [3.63, 3.8) is 0 Å². The highest BCUT2D eigenvalue weighted by Gasteiger charge is 2.74. The van der Waals surface area contributed by atoms with Crippen molar-refractivity contribution in [2.45, 2.75) is 101 Å². The van der Waals surface area contributed by atoms with Crippen LogP contribution in [-0.2, 0) is 23.9 Å². The molecule has 3 rings (SSSR count). The fraction of sp³-hybridized carbons (Fsp3) is 0.808. The normalized spacial score (nSPS) is 25.7. The number of amides is 3. The van der Waals surface area contributed by atoms with Crippen molar-refractivity contribution in [3.8, 4) is 0 Å². The highest BCUT2D eigenvalue weighted by atomic mass is 35.5. The molecule has 1 heterocycles. The fourth-order valence-corrected chi connectivity index (χ4v) is 6.01. The standard InChI is InChI=1S/C26H36Cl2F3N3O6/c1-12(35)18(36)15(10-13-8-7-9-13)32-20(37)17-16-14(25(16,27)28)11-34(17)21(38)19(23(2,3)4)33-22(39)40-24(5,6)26(29,30)31/h13-17,19H,7-11H2,1-6H3,(H,32,37)(H,33,39)/t14-,15-,16-,17-,19+/m0/s1. The molecule has 0 aromatic rings. The molecule has 40 heavy (non-hydrogen) atoms. The predicted molar refractivity (Wildman–Crippen MR) is 139 cm³/mol. The molecule has 0 bridgehead atoms. The van der Waals surface area contributed by atoms with E-state index in [1.165, 1.54) is 4.90 Å². The third kappa shape index (κ3) is 6.53. The second-order valence-electron chi connectivity index (χ2n) is 12.6. The first-order valence-corrected chi connectivity index (χ1v) is 13.9. The van der Waals surface area contributed by atoms with Gasteiger partial charge >= 0.3 is 12.3 Å². The van der Waals surface area contributed by atoms with E-state index >= 15 is 0 Å². The molecule has 2 saturated carbocycles. The summed E-state index contributed by atoms with van der Waals surface area (Å²) in [4.78, 5) is 65.5. The summed E-state index contributed by atoms with van der Waals surface area (Å²) in [7, 11) is 0. The van der Waals surface area contributed by atoms with E-state index in [0.717, 1.165) is 26.2 Å². The summed E-state index contributed by atoms with van der Waals surface area (Å²) in [5, 5.41) is 4.87. The SMILES string of the molecule is CC(=O)C(=O)[C@H](CC1CCC1)NC(=O)[C@@H]1[C@@H]2[C@H](CN1C(=O)[C@@H](NC(=O)OC(C)(C)C(F)(F)F)C(C)(C)C)C2(Cl)Cl. The minimum Gasteiger partial charge on any atom is -0.434 e. The number of likely N-dealkylation sites (tertiary alicyclic amines) is 1. The molecule has 1 saturated heterocycles. The molecule has 226 valence electrons. The highest BCUT2D eigenvalue weighted by molar-refractivity contribution is 6.51. The predicted octanol–water partition coefficient (Wildman–Crippen LogP) is 3.93. The topological polar surface area (TPSA) is 122 Å². The van der Waals surface area contributed by atoms with Crippen molar-refractivity contribution in [2.24, 2.45) is 23.2 Å². The molecule has 5 atom stereocenters. The van der Waals surface area contributed by atoms with Crippen LogP contribution in [0, 0.1) is 23.2 Å². The number of halogens is 5. The molecular formula is C26H36Cl2F3N3O6. The average molecular weight is 614 g/mol. The number of ether oxygens (including phenoxy) is 1. The van der Waals surface area contributed by atoms with Gasteiger partial charge in [0.2, 0.25) is 23.2 Å². The third-order valence-electron chi connectivity index (χ3n) is 8.06. The van der Waals surface area contributed by atoms with Gasteiger partial charge in [-0.3, -0.25) is 19.2 Å². The van der Waals surface area contributed by atoms with Gasteiger partial charge in [0.25, 0.3) is 0 Å². The van der Waals surface area contributed by atoms with Crippen LogP contribution in [0.15, 0.2) is 0 Å². The Kier molecular flexibility index (Phi) is 8.89. The van der Waals surface area contributed by atoms with E-state index in [1.807, 2.05) is 0 Å². The van der Waals surface area contributed by atoms with Crippen molar-refractivity contribution in [1.29, 1.82) is 0 Å². The van der Waals surface area contributed by atoms with E-state index in [9.17, 15) is 37.1 Å². The van der Waals surface area contributed by atoms with Crippen LogP contribution in [0.5, 0.6) is 0 Å². The van der Waals surface area contributed by atoms with E-state index in [-0.39, 0.29) is 18.9 Å². The van der Waals surface area contributed by atoms with Gasteiger partial charge < -0.3 is 20.3 Å². The van der Waals surface area contributed by atoms with Gasteiger partial charge in [0.15, 0.2) is 5.78 Å². The largest absolute Gasteiger partial charge is 0.434 e. The summed E-state index contributed by atoms with van der Waals surface area (Å²) in [6.07, 6.45) is -3.33. The van der Waals surface area contributed by atoms with Gasteiger partial charge in [-0.15, -0.1) is 23.2 Å². The van der Waals surface area contributed by atoms with E-state index in [1.54, 1.807) is 20.8 Å². The molecule has 2 N–H and O–H groups in total. The minimum absolute atomic E-state index is 0.0557. The zero-order valence-electron chi connectivity index (χ0n) is 23.3. The summed E-state index contributed by atoms with van der Waals surface area (Å²) in [5.74, 6) is -3.94. The number of fused-ring (bicyclic) bond motifs is 1. The Bertz CT molecular complexity index is 1070. The molecule has 3 aliphatic rings. The van der Waals surface area contributed by atoms with Crippen molar-refractivity contribution in [2.75, 3.05) is 6.54 Å². The lowest BCUT2D eigenvalue weighted by molar-refractivity contribution is -0.244. The quantitative estimate of drug-likeness (QED) is 0.300. The average Bonchev–Trinajstić information content (AvgIpc) is 3.10. The van der Waals surface area contributed by atoms with E-state index in [2.05, 4.69) is 15.4 Å². The number of carbonyl (C=O) groups is 5. The number of piperidine rings is 1. The van der Waals surface area contributed by atoms with Crippen LogP contribution in [0.4, 0.5) is 18.0 Å². The van der Waals surface area contributed by atoms with Gasteiger partial charge in [0, 0.05) is 25.3 Å². The molecule has 0 unspecified atom stereocenters. The van der Waals surface area contributed by atoms with Gasteiger partial charge in [0.1, 0.15) is 16.4 Å². The summed E-state index contributed by atoms with van der Waals surface area (Å²) in [5.41, 5.74) is -3.83. The molecule has 0 aromatic heterocycles. The first-order chi connectivity index (χ1) is 18.1. The van der Waals surface area contributed by atoms with Crippen LogP contribution >= 0.6 is 23.2 Å². The number of Topliss-reactive ketones (excluding diaryl/α,β-unsaturated/α-hetero) is 2. The first kappa shape index (κ1) is 32.4. The maximum absolute atomic E-state index is 13.8. The molecular weight excluding hydrogens is 578 g/mol. The lowest BCUT2D eigenvalue weighted by Crippen LogP contribution is -2.61. The third-order valence-corrected chi connectivity index (χ3v) is 9.13. The van der Waals surface area contributed by atoms with Crippen LogP contribution in [-0.4, -0.2) is 75.2 Å². The van der Waals surface area contributed by atoms with Gasteiger partial charge in [-0.2, -0.15) is 13.2 Å². The Hall–Kier alpha value is -2.08. The van der Waals surface area contributed by atoms with Crippen molar-refractivity contribution >= 4 is 52.7 Å². The number of nitrogens with zero attached hydrogens (tertiary/aromatic N) is 1. The zero-order valence-corrected chi connectivity index (χ0v) is 24.8. The first-order valence-electron chi connectivity index (χ1n) is 13.2. The lowest BCUT2D eigenvalue weighted by atomic mass is 9.80. The molecule has 0 radical (unpaired) electrons. The number of alkyl halides is 5. The molecule has 0 aromatic carbocycles. The van der Waals surface area contributed by atoms with Crippen molar-refractivity contribution in [3.05, 3.63) is 0 Å². The second kappa shape index (κ2) is 11.0. The Morgan fingerprint density at radius 3 is 2.05 bits per heavy atom. The Balaban J connectivity index is 1.83. The smallest absolute Gasteiger partial charge is 0.427 e. The minimum atomic E-state index is -4.86. The highest BCUT2D eigenvalue weighted by Crippen LogP contribution is 2.65. The Labute approximate surface area is 241 Å². The number of ketones is 2. The summed E-state index contributed by atoms with van der Waals surface area (Å²) < 4.78 is 43.0. The molecule has 0 spiro atoms. The lowest BCUT2D eigenvalue weighted by Gasteiger charge is -2.38. The van der Waals surface area contributed by atoms with Crippen LogP contribution in [0.3, 0.4) is 0 Å². The van der Waals surface area contributed by atoms with Gasteiger partial charge in [-0.05, 0) is 31.6 Å². The molecule has 9 nitrogen and oxygen atoms in total. The van der Waals surface area contributed by atoms with E-state index in [0.29, 0.717) is 13.8 Å². The van der Waals surface area contributed by atoms with Crippen LogP contribution in [0.1, 0.15) is 67.2 Å². The van der Waals surface area contributed by atoms with Gasteiger partial charge in [-0.1, -0.05) is 40.0 Å². The zero-order chi connectivity index (χ0) is 30.6. The number of rotatable bonds is 9. The van der Waals surface area contributed by atoms with Crippen molar-refractivity contribution in [1.82, 2.24) is 15.5 Å². The molecule has 3 fully saturated rings. The maximum Gasteiger partial charge on any atom is 0.427 e. The number of hydrogen-bond acceptors (Lipinski definition) is 6. The van der Waals surface area contributed by atoms with Gasteiger partial charge in [-0.25, -0.2) is 4.79 Å². The van der Waals surface area contributed by atoms with Crippen LogP contribution < -0.4 is 10.6 Å². The summed E-state index contributed by atoms with van der Waals surface area (Å²) in [6.45, 7) is 7.18. The molecule has 3 amide bonds. The van der Waals surface area contributed by atoms with E-state index in [4.69, 9.17) is 23.2 Å². The van der Waals surface area contributed by atoms with Crippen LogP contribution in [0.2, 0.25) is 0 Å².